The smallest absolute Gasteiger partial charge is 0.490 e. The van der Waals surface area contributed by atoms with E-state index in [0.29, 0.717) is 17.7 Å². The predicted molar refractivity (Wildman–Crippen MR) is 121 cm³/mol. The quantitative estimate of drug-likeness (QED) is 0.347. The van der Waals surface area contributed by atoms with Crippen molar-refractivity contribution in [1.82, 2.24) is 4.98 Å². The number of rotatable bonds is 7. The number of hydrogen-bond donors (Lipinski definition) is 2. The first-order valence-corrected chi connectivity index (χ1v) is 10.6. The van der Waals surface area contributed by atoms with E-state index in [4.69, 9.17) is 15.2 Å². The van der Waals surface area contributed by atoms with Crippen LogP contribution in [0.15, 0.2) is 36.5 Å². The number of halogens is 7. The number of methoxy groups -OCH3 is 1. The van der Waals surface area contributed by atoms with Gasteiger partial charge in [0, 0.05) is 11.9 Å². The first-order valence-electron chi connectivity index (χ1n) is 10.6. The first kappa shape index (κ1) is 29.0. The standard InChI is InChI=1S/C24H18F7N3O5/c1-10-9-33-14(21(32)35)8-13(10)34-22(36)18-11(2)12(23(26,27)28)4-5-15(18)38-17-7-6-16(39-24(29,30)31)19(25)20(17)37-3/h4-9H,1-3H3,(H2,32,35)(H,33,34,36). The number of primary amides is 1. The number of aryl methyl sites for hydroxylation is 1. The molecule has 0 saturated carbocycles. The lowest BCUT2D eigenvalue weighted by Gasteiger charge is -2.20. The number of amides is 2. The molecular weight excluding hydrogens is 543 g/mol. The average Bonchev–Trinajstić information content (AvgIpc) is 2.80. The number of pyridine rings is 1. The van der Waals surface area contributed by atoms with Crippen molar-refractivity contribution in [2.45, 2.75) is 26.4 Å². The van der Waals surface area contributed by atoms with E-state index in [1.807, 2.05) is 0 Å². The second-order valence-corrected chi connectivity index (χ2v) is 7.87. The molecule has 0 unspecified atom stereocenters. The number of nitrogens with one attached hydrogen (secondary N) is 1. The molecule has 0 aliphatic heterocycles. The fraction of sp³-hybridized carbons (Fsp3) is 0.208. The molecule has 2 aromatic carbocycles. The molecule has 0 bridgehead atoms. The molecule has 0 aliphatic carbocycles. The van der Waals surface area contributed by atoms with Gasteiger partial charge in [0.15, 0.2) is 11.5 Å². The zero-order valence-corrected chi connectivity index (χ0v) is 20.2. The molecule has 0 saturated heterocycles. The third-order valence-electron chi connectivity index (χ3n) is 5.24. The van der Waals surface area contributed by atoms with Gasteiger partial charge in [0.05, 0.1) is 18.2 Å². The summed E-state index contributed by atoms with van der Waals surface area (Å²) >= 11 is 0. The van der Waals surface area contributed by atoms with E-state index >= 15 is 0 Å². The lowest BCUT2D eigenvalue weighted by Crippen LogP contribution is -2.20. The molecule has 0 fully saturated rings. The number of ether oxygens (including phenoxy) is 3. The van der Waals surface area contributed by atoms with Gasteiger partial charge in [0.25, 0.3) is 11.8 Å². The van der Waals surface area contributed by atoms with Gasteiger partial charge in [-0.2, -0.15) is 17.6 Å². The number of carbonyl (C=O) groups excluding carboxylic acids is 2. The third kappa shape index (κ3) is 6.48. The van der Waals surface area contributed by atoms with Gasteiger partial charge in [-0.3, -0.25) is 14.6 Å². The van der Waals surface area contributed by atoms with Gasteiger partial charge in [0.1, 0.15) is 11.4 Å². The van der Waals surface area contributed by atoms with E-state index in [1.54, 1.807) is 0 Å². The van der Waals surface area contributed by atoms with Crippen molar-refractivity contribution in [3.63, 3.8) is 0 Å². The molecule has 1 heterocycles. The van der Waals surface area contributed by atoms with Gasteiger partial charge >= 0.3 is 12.5 Å². The maximum Gasteiger partial charge on any atom is 0.573 e. The zero-order chi connectivity index (χ0) is 29.3. The highest BCUT2D eigenvalue weighted by atomic mass is 19.4. The van der Waals surface area contributed by atoms with Crippen LogP contribution in [-0.2, 0) is 6.18 Å². The molecule has 3 N–H and O–H groups in total. The first-order chi connectivity index (χ1) is 18.0. The van der Waals surface area contributed by atoms with E-state index in [0.717, 1.165) is 32.2 Å². The lowest BCUT2D eigenvalue weighted by atomic mass is 9.99. The van der Waals surface area contributed by atoms with Crippen LogP contribution in [0.3, 0.4) is 0 Å². The molecule has 3 rings (SSSR count). The Morgan fingerprint density at radius 2 is 1.59 bits per heavy atom. The van der Waals surface area contributed by atoms with Crippen LogP contribution in [0.25, 0.3) is 0 Å². The second kappa shape index (κ2) is 10.7. The number of aromatic nitrogens is 1. The minimum Gasteiger partial charge on any atom is -0.490 e. The Balaban J connectivity index is 2.12. The van der Waals surface area contributed by atoms with Gasteiger partial charge in [0.2, 0.25) is 11.6 Å². The Morgan fingerprint density at radius 1 is 0.974 bits per heavy atom. The van der Waals surface area contributed by atoms with Gasteiger partial charge in [-0.05, 0) is 55.3 Å². The highest BCUT2D eigenvalue weighted by molar-refractivity contribution is 6.08. The number of hydrogen-bond acceptors (Lipinski definition) is 6. The van der Waals surface area contributed by atoms with Crippen LogP contribution in [0.1, 0.15) is 37.5 Å². The summed E-state index contributed by atoms with van der Waals surface area (Å²) in [6.45, 7) is 2.47. The van der Waals surface area contributed by atoms with Gasteiger partial charge < -0.3 is 25.3 Å². The topological polar surface area (TPSA) is 113 Å². The number of benzene rings is 2. The van der Waals surface area contributed by atoms with Crippen molar-refractivity contribution in [3.8, 4) is 23.0 Å². The van der Waals surface area contributed by atoms with Gasteiger partial charge in [-0.15, -0.1) is 13.2 Å². The second-order valence-electron chi connectivity index (χ2n) is 7.87. The molecule has 39 heavy (non-hydrogen) atoms. The summed E-state index contributed by atoms with van der Waals surface area (Å²) in [5, 5.41) is 2.36. The molecule has 208 valence electrons. The number of anilines is 1. The average molecular weight is 561 g/mol. The predicted octanol–water partition coefficient (Wildman–Crippen LogP) is 5.91. The maximum absolute atomic E-state index is 14.7. The minimum absolute atomic E-state index is 0.0103. The normalized spacial score (nSPS) is 11.6. The fourth-order valence-electron chi connectivity index (χ4n) is 3.45. The fourth-order valence-corrected chi connectivity index (χ4v) is 3.45. The van der Waals surface area contributed by atoms with Crippen molar-refractivity contribution >= 4 is 17.5 Å². The van der Waals surface area contributed by atoms with Crippen molar-refractivity contribution in [3.05, 3.63) is 70.3 Å². The number of nitrogens with zero attached hydrogens (tertiary/aromatic N) is 1. The molecule has 0 atom stereocenters. The monoisotopic (exact) mass is 561 g/mol. The molecular formula is C24H18F7N3O5. The summed E-state index contributed by atoms with van der Waals surface area (Å²) in [6.07, 6.45) is -8.92. The summed E-state index contributed by atoms with van der Waals surface area (Å²) in [4.78, 5) is 28.5. The van der Waals surface area contributed by atoms with Crippen molar-refractivity contribution in [2.24, 2.45) is 5.73 Å². The summed E-state index contributed by atoms with van der Waals surface area (Å²) in [5.41, 5.74) is 2.82. The highest BCUT2D eigenvalue weighted by Crippen LogP contribution is 2.43. The van der Waals surface area contributed by atoms with Crippen LogP contribution < -0.4 is 25.3 Å². The van der Waals surface area contributed by atoms with E-state index in [2.05, 4.69) is 15.0 Å². The zero-order valence-electron chi connectivity index (χ0n) is 20.2. The maximum atomic E-state index is 14.7. The van der Waals surface area contributed by atoms with Crippen LogP contribution >= 0.6 is 0 Å². The Bertz CT molecular complexity index is 1440. The molecule has 3 aromatic rings. The highest BCUT2D eigenvalue weighted by Gasteiger charge is 2.36. The van der Waals surface area contributed by atoms with Crippen molar-refractivity contribution in [1.29, 1.82) is 0 Å². The van der Waals surface area contributed by atoms with Gasteiger partial charge in [-0.25, -0.2) is 0 Å². The van der Waals surface area contributed by atoms with Crippen LogP contribution in [0, 0.1) is 19.7 Å². The van der Waals surface area contributed by atoms with Crippen molar-refractivity contribution < 1.29 is 54.5 Å². The Morgan fingerprint density at radius 3 is 2.15 bits per heavy atom. The summed E-state index contributed by atoms with van der Waals surface area (Å²) < 4.78 is 107. The number of alkyl halides is 6. The molecule has 1 aromatic heterocycles. The number of carbonyl (C=O) groups is 2. The van der Waals surface area contributed by atoms with Crippen LogP contribution in [0.4, 0.5) is 36.4 Å². The molecule has 15 heteroatoms. The van der Waals surface area contributed by atoms with E-state index in [9.17, 15) is 40.3 Å². The molecule has 0 spiro atoms. The largest absolute Gasteiger partial charge is 0.573 e. The van der Waals surface area contributed by atoms with Crippen molar-refractivity contribution in [2.75, 3.05) is 12.4 Å². The molecule has 0 aliphatic rings. The summed E-state index contributed by atoms with van der Waals surface area (Å²) in [5.74, 6) is -6.92. The van der Waals surface area contributed by atoms with E-state index in [1.165, 1.54) is 13.1 Å². The molecule has 2 amide bonds. The third-order valence-corrected chi connectivity index (χ3v) is 5.24. The van der Waals surface area contributed by atoms with Crippen LogP contribution in [-0.4, -0.2) is 30.3 Å². The van der Waals surface area contributed by atoms with Gasteiger partial charge in [-0.1, -0.05) is 0 Å². The molecule has 0 radical (unpaired) electrons. The van der Waals surface area contributed by atoms with E-state index < -0.39 is 69.9 Å². The Kier molecular flexibility index (Phi) is 7.93. The Hall–Kier alpha value is -4.56. The minimum atomic E-state index is -5.23. The van der Waals surface area contributed by atoms with E-state index in [-0.39, 0.29) is 11.4 Å². The van der Waals surface area contributed by atoms with Crippen LogP contribution in [0.2, 0.25) is 0 Å². The SMILES string of the molecule is COc1c(Oc2ccc(C(F)(F)F)c(C)c2C(=O)Nc2cc(C(N)=O)ncc2C)ccc(OC(F)(F)F)c1F. The summed E-state index contributed by atoms with van der Waals surface area (Å²) in [6, 6.07) is 3.86. The van der Waals surface area contributed by atoms with Crippen LogP contribution in [0.5, 0.6) is 23.0 Å². The molecule has 8 nitrogen and oxygen atoms in total. The Labute approximate surface area is 215 Å². The number of nitrogens with two attached hydrogens (primary N) is 1. The lowest BCUT2D eigenvalue weighted by molar-refractivity contribution is -0.275. The summed E-state index contributed by atoms with van der Waals surface area (Å²) in [7, 11) is 0.900.